The zero-order valence-electron chi connectivity index (χ0n) is 14.9. The predicted octanol–water partition coefficient (Wildman–Crippen LogP) is 2.70. The number of carbonyl (C=O) groups is 1. The molecule has 2 saturated heterocycles. The second-order valence-corrected chi connectivity index (χ2v) is 7.67. The van der Waals surface area contributed by atoms with Crippen LogP contribution >= 0.6 is 11.6 Å². The first-order chi connectivity index (χ1) is 13.1. The fourth-order valence-electron chi connectivity index (χ4n) is 3.92. The van der Waals surface area contributed by atoms with Crippen LogP contribution in [0.15, 0.2) is 54.6 Å². The van der Waals surface area contributed by atoms with Crippen molar-refractivity contribution in [3.63, 3.8) is 0 Å². The standard InChI is InChI=1S/C21H23ClN2O3/c22-16-8-6-14(7-9-16)19-12-24-11-17(10-18(24)13-27-19)23-21(26)20(25)15-4-2-1-3-5-15/h1-9,17-20,25H,10-13H2,(H,23,26)/t17-,18-,19+,20-/m0/s1. The summed E-state index contributed by atoms with van der Waals surface area (Å²) in [6, 6.07) is 17.1. The SMILES string of the molecule is O=C(N[C@H]1C[C@H]2CO[C@@H](c3ccc(Cl)cc3)CN2C1)[C@@H](O)c1ccccc1. The Morgan fingerprint density at radius 2 is 1.89 bits per heavy atom. The van der Waals surface area contributed by atoms with E-state index in [1.165, 1.54) is 0 Å². The maximum absolute atomic E-state index is 12.4. The number of halogens is 1. The molecule has 2 aliphatic rings. The third kappa shape index (κ3) is 4.17. The summed E-state index contributed by atoms with van der Waals surface area (Å²) in [7, 11) is 0. The van der Waals surface area contributed by atoms with Crippen molar-refractivity contribution >= 4 is 17.5 Å². The third-order valence-electron chi connectivity index (χ3n) is 5.37. The quantitative estimate of drug-likeness (QED) is 0.848. The number of benzene rings is 2. The van der Waals surface area contributed by atoms with Gasteiger partial charge in [-0.15, -0.1) is 0 Å². The average Bonchev–Trinajstić information content (AvgIpc) is 3.10. The van der Waals surface area contributed by atoms with Crippen molar-refractivity contribution < 1.29 is 14.6 Å². The molecule has 5 nitrogen and oxygen atoms in total. The van der Waals surface area contributed by atoms with E-state index in [4.69, 9.17) is 16.3 Å². The number of nitrogens with zero attached hydrogens (tertiary/aromatic N) is 1. The van der Waals surface area contributed by atoms with Gasteiger partial charge >= 0.3 is 0 Å². The highest BCUT2D eigenvalue weighted by Gasteiger charge is 2.38. The van der Waals surface area contributed by atoms with Crippen LogP contribution in [0, 0.1) is 0 Å². The molecule has 2 aromatic rings. The van der Waals surface area contributed by atoms with Gasteiger partial charge in [0.05, 0.1) is 12.7 Å². The summed E-state index contributed by atoms with van der Waals surface area (Å²) in [4.78, 5) is 14.8. The predicted molar refractivity (Wildman–Crippen MR) is 103 cm³/mol. The van der Waals surface area contributed by atoms with E-state index >= 15 is 0 Å². The van der Waals surface area contributed by atoms with Gasteiger partial charge in [0.25, 0.3) is 5.91 Å². The Bertz CT molecular complexity index is 784. The summed E-state index contributed by atoms with van der Waals surface area (Å²) >= 11 is 5.97. The van der Waals surface area contributed by atoms with E-state index in [1.54, 1.807) is 12.1 Å². The lowest BCUT2D eigenvalue weighted by molar-refractivity contribution is -0.130. The van der Waals surface area contributed by atoms with Gasteiger partial charge in [0, 0.05) is 30.2 Å². The van der Waals surface area contributed by atoms with Crippen molar-refractivity contribution in [2.75, 3.05) is 19.7 Å². The van der Waals surface area contributed by atoms with Crippen LogP contribution in [-0.2, 0) is 9.53 Å². The van der Waals surface area contributed by atoms with E-state index in [1.807, 2.05) is 42.5 Å². The van der Waals surface area contributed by atoms with Gasteiger partial charge in [-0.25, -0.2) is 0 Å². The van der Waals surface area contributed by atoms with Gasteiger partial charge in [0.2, 0.25) is 0 Å². The normalized spacial score (nSPS) is 26.4. The molecule has 2 fully saturated rings. The lowest BCUT2D eigenvalue weighted by Gasteiger charge is -2.35. The molecule has 142 valence electrons. The van der Waals surface area contributed by atoms with E-state index in [-0.39, 0.29) is 18.1 Å². The minimum absolute atomic E-state index is 0.0166. The van der Waals surface area contributed by atoms with Crippen molar-refractivity contribution in [3.05, 3.63) is 70.7 Å². The number of morpholine rings is 1. The summed E-state index contributed by atoms with van der Waals surface area (Å²) in [5.41, 5.74) is 1.72. The van der Waals surface area contributed by atoms with Crippen LogP contribution in [0.5, 0.6) is 0 Å². The second-order valence-electron chi connectivity index (χ2n) is 7.24. The Morgan fingerprint density at radius 1 is 1.15 bits per heavy atom. The number of carbonyl (C=O) groups excluding carboxylic acids is 1. The molecule has 0 bridgehead atoms. The molecule has 4 atom stereocenters. The Balaban J connectivity index is 1.34. The maximum atomic E-state index is 12.4. The lowest BCUT2D eigenvalue weighted by atomic mass is 10.1. The first-order valence-electron chi connectivity index (χ1n) is 9.24. The van der Waals surface area contributed by atoms with Gasteiger partial charge in [-0.2, -0.15) is 0 Å². The summed E-state index contributed by atoms with van der Waals surface area (Å²) in [5.74, 6) is -0.346. The minimum Gasteiger partial charge on any atom is -0.378 e. The van der Waals surface area contributed by atoms with Crippen LogP contribution in [0.25, 0.3) is 0 Å². The average molecular weight is 387 g/mol. The van der Waals surface area contributed by atoms with Gasteiger partial charge in [0.1, 0.15) is 0 Å². The van der Waals surface area contributed by atoms with Crippen LogP contribution in [0.3, 0.4) is 0 Å². The number of aliphatic hydroxyl groups excluding tert-OH is 1. The highest BCUT2D eigenvalue weighted by atomic mass is 35.5. The summed E-state index contributed by atoms with van der Waals surface area (Å²) in [6.45, 7) is 2.20. The number of nitrogens with one attached hydrogen (secondary N) is 1. The fourth-order valence-corrected chi connectivity index (χ4v) is 4.05. The summed E-state index contributed by atoms with van der Waals surface area (Å²) in [5, 5.41) is 14.0. The zero-order chi connectivity index (χ0) is 18.8. The highest BCUT2D eigenvalue weighted by Crippen LogP contribution is 2.31. The Hall–Kier alpha value is -1.92. The molecule has 0 spiro atoms. The van der Waals surface area contributed by atoms with Gasteiger partial charge < -0.3 is 15.2 Å². The van der Waals surface area contributed by atoms with E-state index in [2.05, 4.69) is 10.2 Å². The van der Waals surface area contributed by atoms with Crippen molar-refractivity contribution in [1.82, 2.24) is 10.2 Å². The molecule has 0 saturated carbocycles. The maximum Gasteiger partial charge on any atom is 0.253 e. The van der Waals surface area contributed by atoms with Crippen LogP contribution in [-0.4, -0.2) is 47.7 Å². The molecule has 2 aliphatic heterocycles. The van der Waals surface area contributed by atoms with Crippen LogP contribution in [0.4, 0.5) is 0 Å². The molecular weight excluding hydrogens is 364 g/mol. The molecule has 4 rings (SSSR count). The molecular formula is C21H23ClN2O3. The van der Waals surface area contributed by atoms with Gasteiger partial charge in [-0.05, 0) is 29.7 Å². The fraction of sp³-hybridized carbons (Fsp3) is 0.381. The smallest absolute Gasteiger partial charge is 0.253 e. The number of amides is 1. The van der Waals surface area contributed by atoms with Crippen LogP contribution in [0.2, 0.25) is 5.02 Å². The molecule has 1 amide bonds. The second kappa shape index (κ2) is 7.98. The molecule has 0 aromatic heterocycles. The van der Waals surface area contributed by atoms with E-state index in [9.17, 15) is 9.90 Å². The monoisotopic (exact) mass is 386 g/mol. The van der Waals surface area contributed by atoms with Gasteiger partial charge in [0.15, 0.2) is 6.10 Å². The zero-order valence-corrected chi connectivity index (χ0v) is 15.7. The Morgan fingerprint density at radius 3 is 2.63 bits per heavy atom. The molecule has 2 aromatic carbocycles. The van der Waals surface area contributed by atoms with Crippen molar-refractivity contribution in [2.45, 2.75) is 30.7 Å². The largest absolute Gasteiger partial charge is 0.378 e. The number of hydrogen-bond donors (Lipinski definition) is 2. The third-order valence-corrected chi connectivity index (χ3v) is 5.62. The Kier molecular flexibility index (Phi) is 5.45. The van der Waals surface area contributed by atoms with Crippen LogP contribution in [0.1, 0.15) is 29.8 Å². The van der Waals surface area contributed by atoms with Crippen molar-refractivity contribution in [3.8, 4) is 0 Å². The number of hydrogen-bond acceptors (Lipinski definition) is 4. The molecule has 6 heteroatoms. The number of fused-ring (bicyclic) bond motifs is 1. The number of rotatable bonds is 4. The van der Waals surface area contributed by atoms with Crippen LogP contribution < -0.4 is 5.32 Å². The molecule has 0 aliphatic carbocycles. The van der Waals surface area contributed by atoms with Crippen molar-refractivity contribution in [2.24, 2.45) is 0 Å². The lowest BCUT2D eigenvalue weighted by Crippen LogP contribution is -2.43. The number of ether oxygens (including phenoxy) is 1. The first-order valence-corrected chi connectivity index (χ1v) is 9.62. The summed E-state index contributed by atoms with van der Waals surface area (Å²) in [6.07, 6.45) is -0.287. The Labute approximate surface area is 163 Å². The van der Waals surface area contributed by atoms with Crippen molar-refractivity contribution in [1.29, 1.82) is 0 Å². The number of aliphatic hydroxyl groups is 1. The van der Waals surface area contributed by atoms with E-state index in [0.29, 0.717) is 23.2 Å². The molecule has 2 N–H and O–H groups in total. The van der Waals surface area contributed by atoms with E-state index < -0.39 is 6.10 Å². The van der Waals surface area contributed by atoms with Gasteiger partial charge in [-0.1, -0.05) is 54.1 Å². The van der Waals surface area contributed by atoms with E-state index in [0.717, 1.165) is 25.1 Å². The molecule has 0 radical (unpaired) electrons. The summed E-state index contributed by atoms with van der Waals surface area (Å²) < 4.78 is 6.04. The van der Waals surface area contributed by atoms with Gasteiger partial charge in [-0.3, -0.25) is 9.69 Å². The topological polar surface area (TPSA) is 61.8 Å². The highest BCUT2D eigenvalue weighted by molar-refractivity contribution is 6.30. The minimum atomic E-state index is -1.14. The first kappa shape index (κ1) is 18.4. The molecule has 2 heterocycles. The molecule has 0 unspecified atom stereocenters. The molecule has 27 heavy (non-hydrogen) atoms.